The molecule has 0 saturated carbocycles. The second-order valence-corrected chi connectivity index (χ2v) is 3.86. The number of hydrogen-bond donors (Lipinski definition) is 1. The van der Waals surface area contributed by atoms with Crippen LogP contribution in [0.1, 0.15) is 20.3 Å². The Kier molecular flexibility index (Phi) is 2.59. The van der Waals surface area contributed by atoms with E-state index in [9.17, 15) is 14.9 Å². The van der Waals surface area contributed by atoms with Gasteiger partial charge in [0.2, 0.25) is 0 Å². The summed E-state index contributed by atoms with van der Waals surface area (Å²) in [4.78, 5) is 21.0. The normalized spacial score (nSPS) is 36.7. The maximum Gasteiger partial charge on any atom is 0.387 e. The highest BCUT2D eigenvalue weighted by molar-refractivity contribution is 5.80. The largest absolute Gasteiger partial charge is 0.476 e. The van der Waals surface area contributed by atoms with Gasteiger partial charge in [-0.15, -0.1) is 0 Å². The lowest BCUT2D eigenvalue weighted by molar-refractivity contribution is -0.551. The van der Waals surface area contributed by atoms with Gasteiger partial charge >= 0.3 is 11.5 Å². The lowest BCUT2D eigenvalue weighted by Gasteiger charge is -2.29. The van der Waals surface area contributed by atoms with Crippen LogP contribution in [0.4, 0.5) is 0 Å². The molecule has 0 aromatic rings. The van der Waals surface area contributed by atoms with E-state index in [1.54, 1.807) is 13.0 Å². The number of carbonyl (C=O) groups is 1. The molecule has 1 aliphatic rings. The Bertz CT molecular complexity index is 283. The molecule has 1 aliphatic carbocycles. The minimum Gasteiger partial charge on any atom is -0.476 e. The zero-order valence-electron chi connectivity index (χ0n) is 8.14. The first-order chi connectivity index (χ1) is 6.41. The maximum absolute atomic E-state index is 10.9. The molecule has 0 radical (unpaired) electrons. The van der Waals surface area contributed by atoms with Gasteiger partial charge in [0.15, 0.2) is 0 Å². The molecule has 0 aromatic carbocycles. The molecule has 0 heterocycles. The Morgan fingerprint density at radius 2 is 2.21 bits per heavy atom. The summed E-state index contributed by atoms with van der Waals surface area (Å²) in [6, 6.07) is 0. The van der Waals surface area contributed by atoms with Crippen LogP contribution in [0.2, 0.25) is 0 Å². The van der Waals surface area contributed by atoms with Crippen LogP contribution in [0, 0.1) is 22.0 Å². The van der Waals surface area contributed by atoms with Crippen molar-refractivity contribution >= 4 is 5.97 Å². The molecule has 0 spiro atoms. The number of nitrogens with zero attached hydrogens (tertiary/aromatic N) is 1. The lowest BCUT2D eigenvalue weighted by atomic mass is 9.75. The molecule has 3 unspecified atom stereocenters. The summed E-state index contributed by atoms with van der Waals surface area (Å²) >= 11 is 0. The van der Waals surface area contributed by atoms with Crippen LogP contribution in [0.5, 0.6) is 0 Å². The second kappa shape index (κ2) is 3.40. The molecule has 5 nitrogen and oxygen atoms in total. The average molecular weight is 199 g/mol. The van der Waals surface area contributed by atoms with Crippen LogP contribution in [0.25, 0.3) is 0 Å². The van der Waals surface area contributed by atoms with Crippen molar-refractivity contribution in [2.45, 2.75) is 25.8 Å². The van der Waals surface area contributed by atoms with Gasteiger partial charge in [-0.05, 0) is 12.3 Å². The standard InChI is InChI=1S/C9H13NO4/c1-6-3-4-9(8(11)12,10(13)14)7(2)5-6/h3-4,6-7H,5H2,1-2H3,(H,11,12). The van der Waals surface area contributed by atoms with Crippen molar-refractivity contribution in [1.29, 1.82) is 0 Å². The summed E-state index contributed by atoms with van der Waals surface area (Å²) in [5.74, 6) is -1.65. The molecule has 0 saturated heterocycles. The van der Waals surface area contributed by atoms with Crippen molar-refractivity contribution in [2.75, 3.05) is 0 Å². The molecule has 14 heavy (non-hydrogen) atoms. The average Bonchev–Trinajstić information content (AvgIpc) is 2.02. The molecule has 1 N–H and O–H groups in total. The highest BCUT2D eigenvalue weighted by Gasteiger charge is 2.55. The first-order valence-corrected chi connectivity index (χ1v) is 4.48. The smallest absolute Gasteiger partial charge is 0.387 e. The van der Waals surface area contributed by atoms with Gasteiger partial charge in [0.05, 0.1) is 0 Å². The van der Waals surface area contributed by atoms with E-state index in [0.717, 1.165) is 0 Å². The van der Waals surface area contributed by atoms with Crippen molar-refractivity contribution in [3.63, 3.8) is 0 Å². The van der Waals surface area contributed by atoms with Crippen molar-refractivity contribution in [3.8, 4) is 0 Å². The van der Waals surface area contributed by atoms with Gasteiger partial charge in [0.25, 0.3) is 0 Å². The Hall–Kier alpha value is -1.39. The molecular weight excluding hydrogens is 186 g/mol. The van der Waals surface area contributed by atoms with E-state index >= 15 is 0 Å². The molecular formula is C9H13NO4. The van der Waals surface area contributed by atoms with E-state index in [2.05, 4.69) is 0 Å². The van der Waals surface area contributed by atoms with Crippen LogP contribution in [0.15, 0.2) is 12.2 Å². The summed E-state index contributed by atoms with van der Waals surface area (Å²) in [6.07, 6.45) is 3.36. The fraction of sp³-hybridized carbons (Fsp3) is 0.667. The summed E-state index contributed by atoms with van der Waals surface area (Å²) in [5, 5.41) is 19.7. The van der Waals surface area contributed by atoms with Gasteiger partial charge in [-0.3, -0.25) is 10.1 Å². The Morgan fingerprint density at radius 3 is 2.57 bits per heavy atom. The number of hydrogen-bond acceptors (Lipinski definition) is 3. The van der Waals surface area contributed by atoms with Crippen molar-refractivity contribution < 1.29 is 14.8 Å². The van der Waals surface area contributed by atoms with E-state index in [1.807, 2.05) is 6.92 Å². The molecule has 5 heteroatoms. The van der Waals surface area contributed by atoms with Crippen LogP contribution in [0.3, 0.4) is 0 Å². The van der Waals surface area contributed by atoms with E-state index in [4.69, 9.17) is 5.11 Å². The van der Waals surface area contributed by atoms with Gasteiger partial charge in [0, 0.05) is 16.9 Å². The second-order valence-electron chi connectivity index (χ2n) is 3.86. The van der Waals surface area contributed by atoms with Gasteiger partial charge in [0.1, 0.15) is 0 Å². The van der Waals surface area contributed by atoms with Gasteiger partial charge in [-0.2, -0.15) is 0 Å². The third-order valence-corrected chi connectivity index (χ3v) is 2.80. The van der Waals surface area contributed by atoms with Gasteiger partial charge in [-0.25, -0.2) is 4.79 Å². The first-order valence-electron chi connectivity index (χ1n) is 4.48. The van der Waals surface area contributed by atoms with Crippen LogP contribution in [-0.2, 0) is 4.79 Å². The Balaban J connectivity index is 3.16. The third-order valence-electron chi connectivity index (χ3n) is 2.80. The Morgan fingerprint density at radius 1 is 1.64 bits per heavy atom. The Labute approximate surface area is 81.6 Å². The number of nitro groups is 1. The molecule has 0 amide bonds. The quantitative estimate of drug-likeness (QED) is 0.413. The molecule has 78 valence electrons. The zero-order valence-corrected chi connectivity index (χ0v) is 8.14. The van der Waals surface area contributed by atoms with Crippen LogP contribution in [-0.4, -0.2) is 21.5 Å². The summed E-state index contributed by atoms with van der Waals surface area (Å²) in [6.45, 7) is 3.52. The summed E-state index contributed by atoms with van der Waals surface area (Å²) in [7, 11) is 0. The topological polar surface area (TPSA) is 80.4 Å². The minimum atomic E-state index is -1.92. The summed E-state index contributed by atoms with van der Waals surface area (Å²) in [5.41, 5.74) is -1.92. The van der Waals surface area contributed by atoms with E-state index in [1.165, 1.54) is 6.08 Å². The molecule has 0 fully saturated rings. The fourth-order valence-corrected chi connectivity index (χ4v) is 1.89. The van der Waals surface area contributed by atoms with Crippen molar-refractivity contribution in [2.24, 2.45) is 11.8 Å². The lowest BCUT2D eigenvalue weighted by Crippen LogP contribution is -2.52. The number of rotatable bonds is 2. The number of aliphatic carboxylic acids is 1. The van der Waals surface area contributed by atoms with E-state index in [-0.39, 0.29) is 5.92 Å². The molecule has 3 atom stereocenters. The van der Waals surface area contributed by atoms with Crippen molar-refractivity contribution in [3.05, 3.63) is 22.3 Å². The molecule has 0 bridgehead atoms. The monoisotopic (exact) mass is 199 g/mol. The summed E-state index contributed by atoms with van der Waals surface area (Å²) < 4.78 is 0. The van der Waals surface area contributed by atoms with Gasteiger partial charge < -0.3 is 5.11 Å². The van der Waals surface area contributed by atoms with Crippen LogP contribution < -0.4 is 0 Å². The molecule has 0 aromatic heterocycles. The minimum absolute atomic E-state index is 0.206. The van der Waals surface area contributed by atoms with Gasteiger partial charge in [-0.1, -0.05) is 19.9 Å². The van der Waals surface area contributed by atoms with E-state index < -0.39 is 22.3 Å². The number of allylic oxidation sites excluding steroid dienone is 1. The fourth-order valence-electron chi connectivity index (χ4n) is 1.89. The number of carboxylic acid groups (broad SMARTS) is 1. The predicted molar refractivity (Wildman–Crippen MR) is 49.4 cm³/mol. The van der Waals surface area contributed by atoms with E-state index in [0.29, 0.717) is 6.42 Å². The highest BCUT2D eigenvalue weighted by atomic mass is 16.6. The zero-order chi connectivity index (χ0) is 10.9. The highest BCUT2D eigenvalue weighted by Crippen LogP contribution is 2.34. The first kappa shape index (κ1) is 10.7. The van der Waals surface area contributed by atoms with Crippen LogP contribution >= 0.6 is 0 Å². The molecule has 0 aliphatic heterocycles. The number of carboxylic acids is 1. The maximum atomic E-state index is 10.9. The molecule has 1 rings (SSSR count). The third kappa shape index (κ3) is 1.38. The predicted octanol–water partition coefficient (Wildman–Crippen LogP) is 1.32. The SMILES string of the molecule is CC1C=CC(C(=O)O)([N+](=O)[O-])C(C)C1. The van der Waals surface area contributed by atoms with Crippen molar-refractivity contribution in [1.82, 2.24) is 0 Å².